The van der Waals surface area contributed by atoms with Gasteiger partial charge in [-0.15, -0.1) is 0 Å². The fraction of sp³-hybridized carbons (Fsp3) is 0.167. The van der Waals surface area contributed by atoms with Gasteiger partial charge < -0.3 is 0 Å². The zero-order valence-corrected chi connectivity index (χ0v) is 17.2. The monoisotopic (exact) mass is 416 g/mol. The van der Waals surface area contributed by atoms with Gasteiger partial charge in [0.15, 0.2) is 0 Å². The minimum absolute atomic E-state index is 0.0937. The molecule has 0 fully saturated rings. The number of carbonyl (C=O) groups excluding carboxylic acids is 3. The van der Waals surface area contributed by atoms with E-state index < -0.39 is 5.91 Å². The molecule has 0 aliphatic rings. The third-order valence-corrected chi connectivity index (χ3v) is 4.57. The maximum Gasteiger partial charge on any atom is 0.271 e. The first-order valence-electron chi connectivity index (χ1n) is 9.97. The summed E-state index contributed by atoms with van der Waals surface area (Å²) < 4.78 is 0. The van der Waals surface area contributed by atoms with Crippen molar-refractivity contribution in [3.63, 3.8) is 0 Å². The minimum atomic E-state index is -0.454. The van der Waals surface area contributed by atoms with Gasteiger partial charge in [-0.2, -0.15) is 0 Å². The van der Waals surface area contributed by atoms with Crippen LogP contribution in [0.1, 0.15) is 30.1 Å². The number of nitrogens with zero attached hydrogens (tertiary/aromatic N) is 2. The van der Waals surface area contributed by atoms with E-state index in [0.29, 0.717) is 5.56 Å². The van der Waals surface area contributed by atoms with Crippen LogP contribution < -0.4 is 15.8 Å². The van der Waals surface area contributed by atoms with E-state index in [2.05, 4.69) is 15.8 Å². The van der Waals surface area contributed by atoms with Gasteiger partial charge in [-0.3, -0.25) is 35.1 Å². The van der Waals surface area contributed by atoms with E-state index in [-0.39, 0.29) is 30.6 Å². The first-order valence-corrected chi connectivity index (χ1v) is 9.97. The number of hydrogen-bond donors (Lipinski definition) is 2. The number of nitrogens with one attached hydrogen (secondary N) is 2. The Hall–Kier alpha value is -4.00. The predicted molar refractivity (Wildman–Crippen MR) is 118 cm³/mol. The van der Waals surface area contributed by atoms with Crippen LogP contribution in [0.2, 0.25) is 0 Å². The number of aromatic nitrogens is 1. The van der Waals surface area contributed by atoms with Crippen molar-refractivity contribution in [3.05, 3.63) is 90.8 Å². The van der Waals surface area contributed by atoms with E-state index in [1.54, 1.807) is 23.2 Å². The van der Waals surface area contributed by atoms with Crippen molar-refractivity contribution in [2.45, 2.75) is 19.8 Å². The van der Waals surface area contributed by atoms with Gasteiger partial charge in [-0.05, 0) is 42.3 Å². The number of amides is 3. The van der Waals surface area contributed by atoms with Crippen LogP contribution in [0.5, 0.6) is 0 Å². The maximum atomic E-state index is 13.1. The quantitative estimate of drug-likeness (QED) is 0.576. The molecule has 3 aromatic rings. The summed E-state index contributed by atoms with van der Waals surface area (Å²) in [5, 5.41) is 0. The molecule has 1 atom stereocenters. The molecule has 0 saturated heterocycles. The lowest BCUT2D eigenvalue weighted by Crippen LogP contribution is -2.42. The molecular formula is C24H24N4O3. The van der Waals surface area contributed by atoms with Gasteiger partial charge in [-0.1, -0.05) is 43.3 Å². The molecule has 0 saturated carbocycles. The van der Waals surface area contributed by atoms with Crippen LogP contribution in [-0.4, -0.2) is 22.7 Å². The number of anilines is 2. The van der Waals surface area contributed by atoms with E-state index in [9.17, 15) is 14.4 Å². The number of hydrogen-bond acceptors (Lipinski definition) is 4. The molecule has 2 aromatic carbocycles. The molecule has 1 aromatic heterocycles. The second-order valence-corrected chi connectivity index (χ2v) is 7.16. The van der Waals surface area contributed by atoms with Crippen LogP contribution in [0.25, 0.3) is 0 Å². The molecule has 3 amide bonds. The van der Waals surface area contributed by atoms with Crippen molar-refractivity contribution in [2.24, 2.45) is 5.92 Å². The lowest BCUT2D eigenvalue weighted by molar-refractivity contribution is -0.123. The van der Waals surface area contributed by atoms with Crippen LogP contribution >= 0.6 is 0 Å². The first-order chi connectivity index (χ1) is 15.0. The highest BCUT2D eigenvalue weighted by Crippen LogP contribution is 2.27. The molecule has 0 aliphatic carbocycles. The first kappa shape index (κ1) is 21.7. The van der Waals surface area contributed by atoms with Gasteiger partial charge in [0.1, 0.15) is 0 Å². The Morgan fingerprint density at radius 3 is 2.00 bits per heavy atom. The Morgan fingerprint density at radius 2 is 1.45 bits per heavy atom. The third-order valence-electron chi connectivity index (χ3n) is 4.57. The maximum absolute atomic E-state index is 13.1. The average molecular weight is 416 g/mol. The standard InChI is InChI=1S/C24H24N4O3/c1-18(15-22(29)26-27-24(31)19-9-8-14-25-17-19)16-23(30)28(20-10-4-2-5-11-20)21-12-6-3-7-13-21/h2-14,17-18H,15-16H2,1H3,(H,26,29)(H,27,31). The predicted octanol–water partition coefficient (Wildman–Crippen LogP) is 3.62. The van der Waals surface area contributed by atoms with Crippen LogP contribution in [0.4, 0.5) is 11.4 Å². The fourth-order valence-electron chi connectivity index (χ4n) is 3.12. The SMILES string of the molecule is CC(CC(=O)NNC(=O)c1cccnc1)CC(=O)N(c1ccccc1)c1ccccc1. The van der Waals surface area contributed by atoms with E-state index in [4.69, 9.17) is 0 Å². The molecule has 0 radical (unpaired) electrons. The number of hydrazine groups is 1. The van der Waals surface area contributed by atoms with Crippen LogP contribution in [0, 0.1) is 5.92 Å². The number of carbonyl (C=O) groups is 3. The second-order valence-electron chi connectivity index (χ2n) is 7.16. The number of rotatable bonds is 7. The Bertz CT molecular complexity index is 971. The molecule has 1 heterocycles. The molecule has 0 spiro atoms. The highest BCUT2D eigenvalue weighted by molar-refractivity contribution is 6.00. The van der Waals surface area contributed by atoms with Crippen molar-refractivity contribution in [1.82, 2.24) is 15.8 Å². The summed E-state index contributed by atoms with van der Waals surface area (Å²) in [6.45, 7) is 1.83. The van der Waals surface area contributed by atoms with Gasteiger partial charge in [0.2, 0.25) is 11.8 Å². The lowest BCUT2D eigenvalue weighted by Gasteiger charge is -2.24. The van der Waals surface area contributed by atoms with Gasteiger partial charge in [0.05, 0.1) is 5.56 Å². The Kier molecular flexibility index (Phi) is 7.48. The van der Waals surface area contributed by atoms with E-state index in [1.807, 2.05) is 67.6 Å². The molecule has 2 N–H and O–H groups in total. The van der Waals surface area contributed by atoms with Gasteiger partial charge in [0, 0.05) is 36.6 Å². The lowest BCUT2D eigenvalue weighted by atomic mass is 10.0. The largest absolute Gasteiger partial charge is 0.281 e. The summed E-state index contributed by atoms with van der Waals surface area (Å²) in [7, 11) is 0. The van der Waals surface area contributed by atoms with Crippen LogP contribution in [0.3, 0.4) is 0 Å². The highest BCUT2D eigenvalue weighted by atomic mass is 16.2. The molecule has 0 aliphatic heterocycles. The molecule has 1 unspecified atom stereocenters. The molecule has 7 nitrogen and oxygen atoms in total. The molecule has 3 rings (SSSR count). The van der Waals surface area contributed by atoms with Crippen molar-refractivity contribution in [3.8, 4) is 0 Å². The molecule has 31 heavy (non-hydrogen) atoms. The fourth-order valence-corrected chi connectivity index (χ4v) is 3.12. The average Bonchev–Trinajstić information content (AvgIpc) is 2.79. The normalized spacial score (nSPS) is 11.3. The molecular weight excluding hydrogens is 392 g/mol. The van der Waals surface area contributed by atoms with Gasteiger partial charge >= 0.3 is 0 Å². The van der Waals surface area contributed by atoms with E-state index in [1.165, 1.54) is 6.20 Å². The van der Waals surface area contributed by atoms with Crippen molar-refractivity contribution in [2.75, 3.05) is 4.90 Å². The summed E-state index contributed by atoms with van der Waals surface area (Å²) in [5.41, 5.74) is 6.61. The summed E-state index contributed by atoms with van der Waals surface area (Å²) in [4.78, 5) is 42.8. The van der Waals surface area contributed by atoms with Gasteiger partial charge in [0.25, 0.3) is 5.91 Å². The minimum Gasteiger partial charge on any atom is -0.281 e. The smallest absolute Gasteiger partial charge is 0.271 e. The van der Waals surface area contributed by atoms with Crippen molar-refractivity contribution in [1.29, 1.82) is 0 Å². The number of pyridine rings is 1. The summed E-state index contributed by atoms with van der Waals surface area (Å²) >= 11 is 0. The van der Waals surface area contributed by atoms with Crippen molar-refractivity contribution >= 4 is 29.1 Å². The topological polar surface area (TPSA) is 91.4 Å². The Balaban J connectivity index is 1.58. The van der Waals surface area contributed by atoms with Crippen LogP contribution in [-0.2, 0) is 9.59 Å². The Labute approximate surface area is 181 Å². The van der Waals surface area contributed by atoms with E-state index >= 15 is 0 Å². The third kappa shape index (κ3) is 6.24. The summed E-state index contributed by atoms with van der Waals surface area (Å²) in [6.07, 6.45) is 3.23. The second kappa shape index (κ2) is 10.7. The number of para-hydroxylation sites is 2. The molecule has 0 bridgehead atoms. The summed E-state index contributed by atoms with van der Waals surface area (Å²) in [5.74, 6) is -1.16. The van der Waals surface area contributed by atoms with E-state index in [0.717, 1.165) is 11.4 Å². The van der Waals surface area contributed by atoms with Crippen LogP contribution in [0.15, 0.2) is 85.2 Å². The summed E-state index contributed by atoms with van der Waals surface area (Å²) in [6, 6.07) is 22.0. The zero-order valence-electron chi connectivity index (χ0n) is 17.2. The zero-order chi connectivity index (χ0) is 22.1. The highest BCUT2D eigenvalue weighted by Gasteiger charge is 2.21. The van der Waals surface area contributed by atoms with Gasteiger partial charge in [-0.25, -0.2) is 0 Å². The molecule has 7 heteroatoms. The Morgan fingerprint density at radius 1 is 0.839 bits per heavy atom. The number of benzene rings is 2. The van der Waals surface area contributed by atoms with Crippen molar-refractivity contribution < 1.29 is 14.4 Å². The molecule has 158 valence electrons.